The summed E-state index contributed by atoms with van der Waals surface area (Å²) in [7, 11) is 0. The van der Waals surface area contributed by atoms with Crippen LogP contribution in [0.3, 0.4) is 0 Å². The average Bonchev–Trinajstić information content (AvgIpc) is 2.42. The van der Waals surface area contributed by atoms with E-state index in [2.05, 4.69) is 5.32 Å². The Morgan fingerprint density at radius 2 is 2.15 bits per heavy atom. The lowest BCUT2D eigenvalue weighted by atomic mass is 9.96. The van der Waals surface area contributed by atoms with E-state index in [9.17, 15) is 14.3 Å². The predicted molar refractivity (Wildman–Crippen MR) is 74.5 cm³/mol. The van der Waals surface area contributed by atoms with Crippen LogP contribution in [0.15, 0.2) is 24.3 Å². The monoisotopic (exact) mass is 280 g/mol. The molecule has 4 nitrogen and oxygen atoms in total. The van der Waals surface area contributed by atoms with Crippen LogP contribution in [0.2, 0.25) is 0 Å². The fraction of sp³-hybridized carbons (Fsp3) is 0.533. The minimum atomic E-state index is -0.353. The molecule has 1 aliphatic rings. The Morgan fingerprint density at radius 3 is 2.80 bits per heavy atom. The summed E-state index contributed by atoms with van der Waals surface area (Å²) in [5.41, 5.74) is 0.868. The minimum absolute atomic E-state index is 0.0731. The summed E-state index contributed by atoms with van der Waals surface area (Å²) in [6.07, 6.45) is 0.556. The van der Waals surface area contributed by atoms with Crippen molar-refractivity contribution in [2.75, 3.05) is 19.6 Å². The smallest absolute Gasteiger partial charge is 0.234 e. The third kappa shape index (κ3) is 4.28. The van der Waals surface area contributed by atoms with Crippen LogP contribution in [0.4, 0.5) is 4.39 Å². The van der Waals surface area contributed by atoms with Crippen LogP contribution in [-0.2, 0) is 11.3 Å². The van der Waals surface area contributed by atoms with Gasteiger partial charge in [-0.1, -0.05) is 19.1 Å². The van der Waals surface area contributed by atoms with E-state index in [1.165, 1.54) is 12.1 Å². The normalized spacial score (nSPS) is 23.6. The number of benzene rings is 1. The molecule has 2 N–H and O–H groups in total. The molecule has 2 rings (SSSR count). The van der Waals surface area contributed by atoms with Crippen molar-refractivity contribution in [3.05, 3.63) is 35.6 Å². The first kappa shape index (κ1) is 14.9. The highest BCUT2D eigenvalue weighted by molar-refractivity contribution is 5.78. The number of nitrogens with one attached hydrogen (secondary N) is 1. The fourth-order valence-electron chi connectivity index (χ4n) is 2.32. The van der Waals surface area contributed by atoms with Gasteiger partial charge in [-0.3, -0.25) is 9.69 Å². The number of hydrogen-bond donors (Lipinski definition) is 2. The van der Waals surface area contributed by atoms with Gasteiger partial charge in [0.15, 0.2) is 0 Å². The summed E-state index contributed by atoms with van der Waals surface area (Å²) in [6, 6.07) is 6.07. The molecule has 5 heteroatoms. The second-order valence-electron chi connectivity index (χ2n) is 5.47. The van der Waals surface area contributed by atoms with Crippen LogP contribution in [0.25, 0.3) is 0 Å². The SMILES string of the molecule is CC1CCN(CC(=O)NCc2ccc(F)cc2)CC1O. The zero-order chi connectivity index (χ0) is 14.5. The average molecular weight is 280 g/mol. The zero-order valence-corrected chi connectivity index (χ0v) is 11.7. The number of hydrogen-bond acceptors (Lipinski definition) is 3. The summed E-state index contributed by atoms with van der Waals surface area (Å²) in [6.45, 7) is 4.10. The van der Waals surface area contributed by atoms with Crippen molar-refractivity contribution in [2.45, 2.75) is 26.0 Å². The van der Waals surface area contributed by atoms with Gasteiger partial charge in [0, 0.05) is 13.1 Å². The molecule has 1 heterocycles. The second kappa shape index (κ2) is 6.81. The summed E-state index contributed by atoms with van der Waals surface area (Å²) < 4.78 is 12.7. The number of piperidine rings is 1. The first-order valence-corrected chi connectivity index (χ1v) is 6.96. The maximum atomic E-state index is 12.7. The molecule has 20 heavy (non-hydrogen) atoms. The fourth-order valence-corrected chi connectivity index (χ4v) is 2.32. The van der Waals surface area contributed by atoms with Crippen LogP contribution in [0, 0.1) is 11.7 Å². The van der Waals surface area contributed by atoms with Crippen LogP contribution in [0.1, 0.15) is 18.9 Å². The Morgan fingerprint density at radius 1 is 1.45 bits per heavy atom. The van der Waals surface area contributed by atoms with Crippen LogP contribution in [-0.4, -0.2) is 41.7 Å². The number of carbonyl (C=O) groups excluding carboxylic acids is 1. The van der Waals surface area contributed by atoms with E-state index < -0.39 is 0 Å². The first-order chi connectivity index (χ1) is 9.54. The summed E-state index contributed by atoms with van der Waals surface area (Å²) in [5, 5.41) is 12.6. The van der Waals surface area contributed by atoms with Crippen LogP contribution >= 0.6 is 0 Å². The van der Waals surface area contributed by atoms with Gasteiger partial charge in [-0.2, -0.15) is 0 Å². The number of aliphatic hydroxyl groups excluding tert-OH is 1. The summed E-state index contributed by atoms with van der Waals surface area (Å²) in [5.74, 6) is -0.0545. The highest BCUT2D eigenvalue weighted by Gasteiger charge is 2.25. The molecule has 0 aromatic heterocycles. The molecule has 110 valence electrons. The molecule has 1 aromatic carbocycles. The largest absolute Gasteiger partial charge is 0.392 e. The van der Waals surface area contributed by atoms with Crippen molar-refractivity contribution in [3.8, 4) is 0 Å². The van der Waals surface area contributed by atoms with E-state index in [1.807, 2.05) is 11.8 Å². The maximum absolute atomic E-state index is 12.7. The molecule has 2 unspecified atom stereocenters. The van der Waals surface area contributed by atoms with Crippen LogP contribution < -0.4 is 5.32 Å². The highest BCUT2D eigenvalue weighted by Crippen LogP contribution is 2.16. The molecular formula is C15H21FN2O2. The molecule has 1 saturated heterocycles. The molecule has 1 aromatic rings. The van der Waals surface area contributed by atoms with E-state index in [4.69, 9.17) is 0 Å². The lowest BCUT2D eigenvalue weighted by Crippen LogP contribution is -2.46. The van der Waals surface area contributed by atoms with E-state index in [-0.39, 0.29) is 17.8 Å². The van der Waals surface area contributed by atoms with Crippen molar-refractivity contribution in [1.82, 2.24) is 10.2 Å². The topological polar surface area (TPSA) is 52.6 Å². The molecule has 1 amide bonds. The van der Waals surface area contributed by atoms with Gasteiger partial charge in [-0.05, 0) is 36.6 Å². The number of aliphatic hydroxyl groups is 1. The number of nitrogens with zero attached hydrogens (tertiary/aromatic N) is 1. The van der Waals surface area contributed by atoms with Crippen molar-refractivity contribution >= 4 is 5.91 Å². The highest BCUT2D eigenvalue weighted by atomic mass is 19.1. The van der Waals surface area contributed by atoms with Crippen molar-refractivity contribution < 1.29 is 14.3 Å². The number of likely N-dealkylation sites (tertiary alicyclic amines) is 1. The maximum Gasteiger partial charge on any atom is 0.234 e. The van der Waals surface area contributed by atoms with Crippen molar-refractivity contribution in [1.29, 1.82) is 0 Å². The number of carbonyl (C=O) groups is 1. The number of halogens is 1. The molecule has 1 fully saturated rings. The predicted octanol–water partition coefficient (Wildman–Crippen LogP) is 1.14. The molecule has 0 saturated carbocycles. The Kier molecular flexibility index (Phi) is 5.09. The Labute approximate surface area is 118 Å². The molecule has 1 aliphatic heterocycles. The van der Waals surface area contributed by atoms with Crippen LogP contribution in [0.5, 0.6) is 0 Å². The van der Waals surface area contributed by atoms with E-state index in [0.29, 0.717) is 25.6 Å². The molecule has 0 radical (unpaired) electrons. The van der Waals surface area contributed by atoms with Gasteiger partial charge < -0.3 is 10.4 Å². The van der Waals surface area contributed by atoms with Gasteiger partial charge in [-0.25, -0.2) is 4.39 Å². The van der Waals surface area contributed by atoms with Crippen molar-refractivity contribution in [2.24, 2.45) is 5.92 Å². The van der Waals surface area contributed by atoms with E-state index >= 15 is 0 Å². The Bertz CT molecular complexity index is 450. The molecule has 0 bridgehead atoms. The lowest BCUT2D eigenvalue weighted by molar-refractivity contribution is -0.123. The third-order valence-electron chi connectivity index (χ3n) is 3.77. The van der Waals surface area contributed by atoms with Gasteiger partial charge in [-0.15, -0.1) is 0 Å². The quantitative estimate of drug-likeness (QED) is 0.870. The minimum Gasteiger partial charge on any atom is -0.392 e. The van der Waals surface area contributed by atoms with E-state index in [1.54, 1.807) is 12.1 Å². The third-order valence-corrected chi connectivity index (χ3v) is 3.77. The Hall–Kier alpha value is -1.46. The summed E-state index contributed by atoms with van der Waals surface area (Å²) in [4.78, 5) is 13.8. The van der Waals surface area contributed by atoms with Gasteiger partial charge in [0.05, 0.1) is 12.6 Å². The number of amides is 1. The van der Waals surface area contributed by atoms with E-state index in [0.717, 1.165) is 18.5 Å². The van der Waals surface area contributed by atoms with Gasteiger partial charge in [0.1, 0.15) is 5.82 Å². The summed E-state index contributed by atoms with van der Waals surface area (Å²) >= 11 is 0. The molecular weight excluding hydrogens is 259 g/mol. The number of β-amino-alcohol motifs (C(OH)–C–C–N with tert-alkyl or cyclic N) is 1. The Balaban J connectivity index is 1.74. The standard InChI is InChI=1S/C15H21FN2O2/c1-11-6-7-18(9-14(11)19)10-15(20)17-8-12-2-4-13(16)5-3-12/h2-5,11,14,19H,6-10H2,1H3,(H,17,20). The number of rotatable bonds is 4. The second-order valence-corrected chi connectivity index (χ2v) is 5.47. The lowest BCUT2D eigenvalue weighted by Gasteiger charge is -2.33. The van der Waals surface area contributed by atoms with Gasteiger partial charge in [0.2, 0.25) is 5.91 Å². The molecule has 0 spiro atoms. The molecule has 2 atom stereocenters. The molecule has 0 aliphatic carbocycles. The van der Waals surface area contributed by atoms with Crippen molar-refractivity contribution in [3.63, 3.8) is 0 Å². The first-order valence-electron chi connectivity index (χ1n) is 6.96. The van der Waals surface area contributed by atoms with Gasteiger partial charge >= 0.3 is 0 Å². The zero-order valence-electron chi connectivity index (χ0n) is 11.7. The van der Waals surface area contributed by atoms with Gasteiger partial charge in [0.25, 0.3) is 0 Å².